The number of hydrogen-bond acceptors (Lipinski definition) is 3. The second-order valence-electron chi connectivity index (χ2n) is 2.85. The number of rotatable bonds is 3. The van der Waals surface area contributed by atoms with Crippen molar-refractivity contribution in [3.63, 3.8) is 0 Å². The van der Waals surface area contributed by atoms with Gasteiger partial charge in [0.05, 0.1) is 0 Å². The summed E-state index contributed by atoms with van der Waals surface area (Å²) < 4.78 is 51.3. The largest absolute Gasteiger partial charge is 0.574 e. The van der Waals surface area contributed by atoms with Gasteiger partial charge in [-0.1, -0.05) is 0 Å². The molecule has 1 aromatic heterocycles. The van der Waals surface area contributed by atoms with E-state index in [0.29, 0.717) is 6.07 Å². The lowest BCUT2D eigenvalue weighted by Gasteiger charge is -2.11. The van der Waals surface area contributed by atoms with Crippen LogP contribution in [0.3, 0.4) is 0 Å². The molecule has 0 spiro atoms. The summed E-state index contributed by atoms with van der Waals surface area (Å²) in [4.78, 5) is 23.0. The Morgan fingerprint density at radius 3 is 2.47 bits per heavy atom. The molecule has 1 rings (SSSR count). The van der Waals surface area contributed by atoms with E-state index >= 15 is 0 Å². The quantitative estimate of drug-likeness (QED) is 0.801. The molecule has 1 aromatic rings. The first-order chi connectivity index (χ1) is 7.74. The molecule has 0 saturated carbocycles. The average Bonchev–Trinajstić information content (AvgIpc) is 2.14. The summed E-state index contributed by atoms with van der Waals surface area (Å²) in [6.07, 6.45) is -5.11. The molecule has 9 heteroatoms. The van der Waals surface area contributed by atoms with Crippen molar-refractivity contribution >= 4 is 5.97 Å². The Hall–Kier alpha value is -2.06. The molecule has 0 fully saturated rings. The number of ether oxygens (including phenoxy) is 1. The Labute approximate surface area is 90.6 Å². The Kier molecular flexibility index (Phi) is 3.39. The summed E-state index contributed by atoms with van der Waals surface area (Å²) in [7, 11) is 0. The van der Waals surface area contributed by atoms with Gasteiger partial charge in [0, 0.05) is 5.56 Å². The SMILES string of the molecule is O=C(O)c1cc(CF)c(OC(F)(F)F)[nH]c1=O. The molecule has 0 amide bonds. The van der Waals surface area contributed by atoms with Crippen LogP contribution in [-0.2, 0) is 6.67 Å². The fraction of sp³-hybridized carbons (Fsp3) is 0.250. The molecule has 0 saturated heterocycles. The van der Waals surface area contributed by atoms with Gasteiger partial charge in [0.25, 0.3) is 5.56 Å². The second kappa shape index (κ2) is 4.44. The van der Waals surface area contributed by atoms with Gasteiger partial charge in [-0.25, -0.2) is 9.18 Å². The van der Waals surface area contributed by atoms with Gasteiger partial charge >= 0.3 is 12.3 Å². The number of halogens is 4. The van der Waals surface area contributed by atoms with E-state index in [-0.39, 0.29) is 0 Å². The number of hydrogen-bond donors (Lipinski definition) is 2. The van der Waals surface area contributed by atoms with E-state index in [4.69, 9.17) is 5.11 Å². The van der Waals surface area contributed by atoms with Gasteiger partial charge in [0.2, 0.25) is 5.88 Å². The van der Waals surface area contributed by atoms with Gasteiger partial charge in [-0.15, -0.1) is 13.2 Å². The third-order valence-corrected chi connectivity index (χ3v) is 1.67. The van der Waals surface area contributed by atoms with E-state index in [9.17, 15) is 27.2 Å². The summed E-state index contributed by atoms with van der Waals surface area (Å²) in [5, 5.41) is 8.50. The van der Waals surface area contributed by atoms with E-state index in [1.54, 1.807) is 0 Å². The summed E-state index contributed by atoms with van der Waals surface area (Å²) in [5.41, 5.74) is -2.89. The molecule has 0 aliphatic carbocycles. The molecule has 0 radical (unpaired) electrons. The topological polar surface area (TPSA) is 79.4 Å². The maximum absolute atomic E-state index is 12.4. The normalized spacial score (nSPS) is 11.3. The zero-order valence-electron chi connectivity index (χ0n) is 7.97. The molecule has 94 valence electrons. The summed E-state index contributed by atoms with van der Waals surface area (Å²) >= 11 is 0. The maximum atomic E-state index is 12.4. The third-order valence-electron chi connectivity index (χ3n) is 1.67. The number of carbonyl (C=O) groups is 1. The Morgan fingerprint density at radius 2 is 2.06 bits per heavy atom. The van der Waals surface area contributed by atoms with Crippen LogP contribution in [0.25, 0.3) is 0 Å². The van der Waals surface area contributed by atoms with Crippen LogP contribution in [0.5, 0.6) is 5.88 Å². The highest BCUT2D eigenvalue weighted by Gasteiger charge is 2.33. The fourth-order valence-corrected chi connectivity index (χ4v) is 1.02. The molecule has 0 aliphatic heterocycles. The summed E-state index contributed by atoms with van der Waals surface area (Å²) in [6.45, 7) is -1.41. The monoisotopic (exact) mass is 255 g/mol. The van der Waals surface area contributed by atoms with Crippen molar-refractivity contribution in [2.24, 2.45) is 0 Å². The van der Waals surface area contributed by atoms with Crippen molar-refractivity contribution in [3.05, 3.63) is 27.5 Å². The molecule has 0 aromatic carbocycles. The number of carboxylic acids is 1. The van der Waals surface area contributed by atoms with Crippen LogP contribution >= 0.6 is 0 Å². The van der Waals surface area contributed by atoms with Crippen LogP contribution < -0.4 is 10.3 Å². The lowest BCUT2D eigenvalue weighted by atomic mass is 10.2. The molecule has 0 atom stereocenters. The number of aromatic amines is 1. The van der Waals surface area contributed by atoms with Gasteiger partial charge in [-0.2, -0.15) is 0 Å². The highest BCUT2D eigenvalue weighted by Crippen LogP contribution is 2.24. The first-order valence-corrected chi connectivity index (χ1v) is 4.06. The second-order valence-corrected chi connectivity index (χ2v) is 2.85. The number of pyridine rings is 1. The smallest absolute Gasteiger partial charge is 0.477 e. The lowest BCUT2D eigenvalue weighted by molar-refractivity contribution is -0.276. The third kappa shape index (κ3) is 3.20. The molecule has 17 heavy (non-hydrogen) atoms. The van der Waals surface area contributed by atoms with Crippen molar-refractivity contribution in [3.8, 4) is 5.88 Å². The number of aromatic carboxylic acids is 1. The van der Waals surface area contributed by atoms with Crippen molar-refractivity contribution in [1.82, 2.24) is 4.98 Å². The molecule has 5 nitrogen and oxygen atoms in total. The number of H-pyrrole nitrogens is 1. The Morgan fingerprint density at radius 1 is 1.47 bits per heavy atom. The van der Waals surface area contributed by atoms with Crippen LogP contribution in [0.15, 0.2) is 10.9 Å². The van der Waals surface area contributed by atoms with Crippen LogP contribution in [0, 0.1) is 0 Å². The predicted molar refractivity (Wildman–Crippen MR) is 45.5 cm³/mol. The molecule has 0 unspecified atom stereocenters. The zero-order chi connectivity index (χ0) is 13.2. The number of alkyl halides is 4. The number of nitrogens with one attached hydrogen (secondary N) is 1. The van der Waals surface area contributed by atoms with Gasteiger partial charge in [0.15, 0.2) is 0 Å². The minimum Gasteiger partial charge on any atom is -0.477 e. The average molecular weight is 255 g/mol. The molecular weight excluding hydrogens is 250 g/mol. The number of aromatic nitrogens is 1. The van der Waals surface area contributed by atoms with Gasteiger partial charge in [-0.05, 0) is 6.07 Å². The van der Waals surface area contributed by atoms with Gasteiger partial charge < -0.3 is 9.84 Å². The van der Waals surface area contributed by atoms with Crippen molar-refractivity contribution < 1.29 is 32.2 Å². The Bertz CT molecular complexity index is 493. The van der Waals surface area contributed by atoms with Crippen LogP contribution in [0.4, 0.5) is 17.6 Å². The fourth-order valence-electron chi connectivity index (χ4n) is 1.02. The highest BCUT2D eigenvalue weighted by atomic mass is 19.4. The Balaban J connectivity index is 3.29. The minimum absolute atomic E-state index is 0.488. The van der Waals surface area contributed by atoms with Crippen LogP contribution in [0.2, 0.25) is 0 Å². The van der Waals surface area contributed by atoms with Crippen molar-refractivity contribution in [2.75, 3.05) is 0 Å². The van der Waals surface area contributed by atoms with E-state index in [1.165, 1.54) is 4.98 Å². The maximum Gasteiger partial charge on any atom is 0.574 e. The van der Waals surface area contributed by atoms with Gasteiger partial charge in [-0.3, -0.25) is 9.78 Å². The minimum atomic E-state index is -5.11. The van der Waals surface area contributed by atoms with E-state index in [2.05, 4.69) is 4.74 Å². The van der Waals surface area contributed by atoms with E-state index in [0.717, 1.165) is 0 Å². The molecule has 0 bridgehead atoms. The molecule has 1 heterocycles. The summed E-state index contributed by atoms with van der Waals surface area (Å²) in [6, 6.07) is 0.488. The zero-order valence-corrected chi connectivity index (χ0v) is 7.97. The lowest BCUT2D eigenvalue weighted by Crippen LogP contribution is -2.24. The van der Waals surface area contributed by atoms with E-state index < -0.39 is 41.6 Å². The first-order valence-electron chi connectivity index (χ1n) is 4.06. The first kappa shape index (κ1) is 13.0. The molecular formula is C8H5F4NO4. The molecule has 0 aliphatic rings. The standard InChI is InChI=1S/C8H5F4NO4/c9-2-3-1-4(7(15)16)5(14)13-6(3)17-8(10,11)12/h1H,2H2,(H,13,14)(H,15,16). The predicted octanol–water partition coefficient (Wildman–Crippen LogP) is 1.44. The van der Waals surface area contributed by atoms with Crippen LogP contribution in [-0.4, -0.2) is 22.4 Å². The summed E-state index contributed by atoms with van der Waals surface area (Å²) in [5.74, 6) is -2.84. The highest BCUT2D eigenvalue weighted by molar-refractivity contribution is 5.87. The van der Waals surface area contributed by atoms with Crippen molar-refractivity contribution in [1.29, 1.82) is 0 Å². The van der Waals surface area contributed by atoms with Crippen LogP contribution in [0.1, 0.15) is 15.9 Å². The van der Waals surface area contributed by atoms with E-state index in [1.807, 2.05) is 0 Å². The van der Waals surface area contributed by atoms with Crippen molar-refractivity contribution in [2.45, 2.75) is 13.0 Å². The van der Waals surface area contributed by atoms with Gasteiger partial charge in [0.1, 0.15) is 12.2 Å². The number of carboxylic acid groups (broad SMARTS) is 1. The molecule has 2 N–H and O–H groups in total.